The fraction of sp³-hybridized carbons (Fsp3) is 0.273. The van der Waals surface area contributed by atoms with Gasteiger partial charge in [-0.1, -0.05) is 11.6 Å². The molecule has 2 rings (SSSR count). The van der Waals surface area contributed by atoms with Gasteiger partial charge in [0.05, 0.1) is 16.7 Å². The van der Waals surface area contributed by atoms with E-state index in [0.717, 1.165) is 15.7 Å². The molecule has 4 nitrogen and oxygen atoms in total. The van der Waals surface area contributed by atoms with Gasteiger partial charge in [0.25, 0.3) is 5.56 Å². The van der Waals surface area contributed by atoms with Crippen molar-refractivity contribution >= 4 is 43.5 Å². The van der Waals surface area contributed by atoms with Crippen LogP contribution in [0.2, 0.25) is 5.15 Å². The van der Waals surface area contributed by atoms with Gasteiger partial charge in [0.15, 0.2) is 0 Å². The first-order valence-electron chi connectivity index (χ1n) is 5.13. The molecule has 0 unspecified atom stereocenters. The Bertz CT molecular complexity index is 663. The van der Waals surface area contributed by atoms with E-state index in [1.807, 2.05) is 6.92 Å². The molecule has 2 heterocycles. The van der Waals surface area contributed by atoms with Crippen LogP contribution < -0.4 is 5.56 Å². The van der Waals surface area contributed by atoms with Gasteiger partial charge in [-0.15, -0.1) is 0 Å². The summed E-state index contributed by atoms with van der Waals surface area (Å²) in [4.78, 5) is 12.0. The molecule has 0 N–H and O–H groups in total. The van der Waals surface area contributed by atoms with Crippen LogP contribution in [0.15, 0.2) is 26.0 Å². The van der Waals surface area contributed by atoms with Crippen molar-refractivity contribution in [3.8, 4) is 0 Å². The minimum Gasteiger partial charge on any atom is -0.309 e. The van der Waals surface area contributed by atoms with Crippen molar-refractivity contribution in [2.45, 2.75) is 13.5 Å². The number of aryl methyl sites for hydroxylation is 2. The van der Waals surface area contributed by atoms with Crippen LogP contribution in [0.3, 0.4) is 0 Å². The summed E-state index contributed by atoms with van der Waals surface area (Å²) in [5.74, 6) is 0. The fourth-order valence-electron chi connectivity index (χ4n) is 1.71. The SMILES string of the molecule is Cc1nn(C)c(Cl)c1Cn1cc(Br)cc(Br)c1=O. The highest BCUT2D eigenvalue weighted by Gasteiger charge is 2.13. The van der Waals surface area contributed by atoms with E-state index in [9.17, 15) is 4.79 Å². The van der Waals surface area contributed by atoms with Crippen molar-refractivity contribution in [3.63, 3.8) is 0 Å². The fourth-order valence-corrected chi connectivity index (χ4v) is 3.20. The first-order chi connectivity index (χ1) is 8.40. The molecule has 0 bridgehead atoms. The summed E-state index contributed by atoms with van der Waals surface area (Å²) in [5.41, 5.74) is 1.58. The van der Waals surface area contributed by atoms with Crippen LogP contribution in [0.5, 0.6) is 0 Å². The molecule has 0 aromatic carbocycles. The van der Waals surface area contributed by atoms with Crippen molar-refractivity contribution in [3.05, 3.63) is 48.0 Å². The maximum Gasteiger partial charge on any atom is 0.265 e. The van der Waals surface area contributed by atoms with Gasteiger partial charge in [-0.05, 0) is 44.8 Å². The second-order valence-corrected chi connectivity index (χ2v) is 6.05. The highest BCUT2D eigenvalue weighted by atomic mass is 79.9. The molecule has 96 valence electrons. The third-order valence-corrected chi connectivity index (χ3v) is 4.08. The van der Waals surface area contributed by atoms with E-state index >= 15 is 0 Å². The van der Waals surface area contributed by atoms with E-state index in [-0.39, 0.29) is 5.56 Å². The molecule has 2 aromatic heterocycles. The van der Waals surface area contributed by atoms with Crippen LogP contribution in [0.25, 0.3) is 0 Å². The summed E-state index contributed by atoms with van der Waals surface area (Å²) >= 11 is 12.8. The molecular formula is C11H10Br2ClN3O. The molecule has 18 heavy (non-hydrogen) atoms. The standard InChI is InChI=1S/C11H10Br2ClN3O/c1-6-8(10(14)16(2)15-6)5-17-4-7(12)3-9(13)11(17)18/h3-4H,5H2,1-2H3. The van der Waals surface area contributed by atoms with Gasteiger partial charge in [0.1, 0.15) is 5.15 Å². The van der Waals surface area contributed by atoms with Crippen molar-refractivity contribution in [2.24, 2.45) is 7.05 Å². The zero-order valence-corrected chi connectivity index (χ0v) is 13.7. The quantitative estimate of drug-likeness (QED) is 0.784. The topological polar surface area (TPSA) is 39.8 Å². The summed E-state index contributed by atoms with van der Waals surface area (Å²) in [6.07, 6.45) is 1.73. The number of hydrogen-bond acceptors (Lipinski definition) is 2. The van der Waals surface area contributed by atoms with E-state index < -0.39 is 0 Å². The molecular weight excluding hydrogens is 385 g/mol. The van der Waals surface area contributed by atoms with E-state index in [1.54, 1.807) is 28.6 Å². The number of aromatic nitrogens is 3. The normalized spacial score (nSPS) is 10.9. The van der Waals surface area contributed by atoms with Crippen molar-refractivity contribution in [2.75, 3.05) is 0 Å². The maximum atomic E-state index is 12.0. The third-order valence-electron chi connectivity index (χ3n) is 2.61. The molecule has 0 fully saturated rings. The monoisotopic (exact) mass is 393 g/mol. The second-order valence-electron chi connectivity index (χ2n) is 3.92. The zero-order valence-electron chi connectivity index (χ0n) is 9.75. The minimum atomic E-state index is -0.0995. The molecule has 0 atom stereocenters. The predicted octanol–water partition coefficient (Wildman–Crippen LogP) is 3.12. The van der Waals surface area contributed by atoms with Crippen LogP contribution in [-0.2, 0) is 13.6 Å². The summed E-state index contributed by atoms with van der Waals surface area (Å²) < 4.78 is 4.52. The predicted molar refractivity (Wildman–Crippen MR) is 78.2 cm³/mol. The molecule has 7 heteroatoms. The zero-order chi connectivity index (χ0) is 13.4. The molecule has 0 aliphatic carbocycles. The van der Waals surface area contributed by atoms with Crippen LogP contribution in [0, 0.1) is 6.92 Å². The second kappa shape index (κ2) is 5.19. The Morgan fingerprint density at radius 3 is 2.67 bits per heavy atom. The Balaban J connectivity index is 2.49. The van der Waals surface area contributed by atoms with Crippen LogP contribution in [0.1, 0.15) is 11.3 Å². The van der Waals surface area contributed by atoms with E-state index in [4.69, 9.17) is 11.6 Å². The lowest BCUT2D eigenvalue weighted by Crippen LogP contribution is -2.21. The Hall–Kier alpha value is -0.590. The van der Waals surface area contributed by atoms with Crippen LogP contribution in [-0.4, -0.2) is 14.3 Å². The molecule has 0 saturated carbocycles. The van der Waals surface area contributed by atoms with Gasteiger partial charge in [-0.2, -0.15) is 5.10 Å². The van der Waals surface area contributed by atoms with Gasteiger partial charge in [0.2, 0.25) is 0 Å². The largest absolute Gasteiger partial charge is 0.309 e. The molecule has 2 aromatic rings. The van der Waals surface area contributed by atoms with E-state index in [1.165, 1.54) is 0 Å². The number of pyridine rings is 1. The summed E-state index contributed by atoms with van der Waals surface area (Å²) in [7, 11) is 1.78. The summed E-state index contributed by atoms with van der Waals surface area (Å²) in [6, 6.07) is 1.72. The van der Waals surface area contributed by atoms with Crippen molar-refractivity contribution in [1.29, 1.82) is 0 Å². The van der Waals surface area contributed by atoms with Gasteiger partial charge in [-0.3, -0.25) is 9.48 Å². The highest BCUT2D eigenvalue weighted by Crippen LogP contribution is 2.20. The lowest BCUT2D eigenvalue weighted by Gasteiger charge is -2.07. The van der Waals surface area contributed by atoms with Crippen molar-refractivity contribution < 1.29 is 0 Å². The van der Waals surface area contributed by atoms with Crippen molar-refractivity contribution in [1.82, 2.24) is 14.3 Å². The lowest BCUT2D eigenvalue weighted by molar-refractivity contribution is 0.745. The van der Waals surface area contributed by atoms with E-state index in [2.05, 4.69) is 37.0 Å². The van der Waals surface area contributed by atoms with Crippen LogP contribution in [0.4, 0.5) is 0 Å². The Labute approximate surface area is 126 Å². The number of rotatable bonds is 2. The number of halogens is 3. The lowest BCUT2D eigenvalue weighted by atomic mass is 10.2. The van der Waals surface area contributed by atoms with Crippen LogP contribution >= 0.6 is 43.5 Å². The van der Waals surface area contributed by atoms with Gasteiger partial charge in [-0.25, -0.2) is 0 Å². The average Bonchev–Trinajstić information content (AvgIpc) is 2.52. The molecule has 0 radical (unpaired) electrons. The van der Waals surface area contributed by atoms with Gasteiger partial charge in [0, 0.05) is 23.3 Å². The van der Waals surface area contributed by atoms with Gasteiger partial charge >= 0.3 is 0 Å². The Morgan fingerprint density at radius 1 is 1.44 bits per heavy atom. The molecule has 0 spiro atoms. The first kappa shape index (κ1) is 13.8. The smallest absolute Gasteiger partial charge is 0.265 e. The summed E-state index contributed by atoms with van der Waals surface area (Å²) in [5, 5.41) is 4.78. The van der Waals surface area contributed by atoms with E-state index in [0.29, 0.717) is 16.2 Å². The number of nitrogens with zero attached hydrogens (tertiary/aromatic N) is 3. The highest BCUT2D eigenvalue weighted by molar-refractivity contribution is 9.11. The summed E-state index contributed by atoms with van der Waals surface area (Å²) in [6.45, 7) is 2.27. The third kappa shape index (κ3) is 2.55. The van der Waals surface area contributed by atoms with Gasteiger partial charge < -0.3 is 4.57 Å². The molecule has 0 aliphatic rings. The first-order valence-corrected chi connectivity index (χ1v) is 7.10. The Morgan fingerprint density at radius 2 is 2.11 bits per heavy atom. The minimum absolute atomic E-state index is 0.0995. The molecule has 0 saturated heterocycles. The molecule has 0 aliphatic heterocycles. The number of hydrogen-bond donors (Lipinski definition) is 0. The Kier molecular flexibility index (Phi) is 3.99. The average molecular weight is 395 g/mol. The molecule has 0 amide bonds. The maximum absolute atomic E-state index is 12.0.